The largest absolute Gasteiger partial charge is 0.395 e. The average Bonchev–Trinajstić information content (AvgIpc) is 3.28. The molecule has 1 fully saturated rings. The smallest absolute Gasteiger partial charge is 0.278 e. The van der Waals surface area contributed by atoms with E-state index in [0.29, 0.717) is 23.5 Å². The van der Waals surface area contributed by atoms with Gasteiger partial charge in [0.1, 0.15) is 5.52 Å². The van der Waals surface area contributed by atoms with Gasteiger partial charge in [-0.05, 0) is 31.0 Å². The predicted octanol–water partition coefficient (Wildman–Crippen LogP) is 2.10. The number of nitro benzene ring substituents is 1. The lowest BCUT2D eigenvalue weighted by Gasteiger charge is -2.24. The number of benzene rings is 1. The molecular weight excluding hydrogens is 258 g/mol. The van der Waals surface area contributed by atoms with Crippen molar-refractivity contribution in [2.24, 2.45) is 0 Å². The van der Waals surface area contributed by atoms with Gasteiger partial charge < -0.3 is 10.0 Å². The minimum Gasteiger partial charge on any atom is -0.395 e. The summed E-state index contributed by atoms with van der Waals surface area (Å²) in [5.74, 6) is 0. The van der Waals surface area contributed by atoms with Gasteiger partial charge in [0.15, 0.2) is 0 Å². The van der Waals surface area contributed by atoms with Gasteiger partial charge in [-0.3, -0.25) is 15.1 Å². The third-order valence-electron chi connectivity index (χ3n) is 3.56. The number of aliphatic hydroxyl groups is 1. The molecule has 1 aliphatic rings. The molecule has 0 atom stereocenters. The Balaban J connectivity index is 2.16. The summed E-state index contributed by atoms with van der Waals surface area (Å²) in [7, 11) is 0. The molecule has 2 aromatic rings. The van der Waals surface area contributed by atoms with E-state index in [2.05, 4.69) is 9.88 Å². The van der Waals surface area contributed by atoms with E-state index in [-0.39, 0.29) is 17.2 Å². The van der Waals surface area contributed by atoms with Gasteiger partial charge in [0, 0.05) is 24.8 Å². The van der Waals surface area contributed by atoms with Crippen LogP contribution in [0.4, 0.5) is 11.4 Å². The summed E-state index contributed by atoms with van der Waals surface area (Å²) >= 11 is 0. The first-order valence-corrected chi connectivity index (χ1v) is 6.62. The molecule has 6 nitrogen and oxygen atoms in total. The van der Waals surface area contributed by atoms with Crippen molar-refractivity contribution >= 4 is 22.3 Å². The van der Waals surface area contributed by atoms with Crippen LogP contribution in [0.2, 0.25) is 0 Å². The zero-order chi connectivity index (χ0) is 14.1. The summed E-state index contributed by atoms with van der Waals surface area (Å²) in [5, 5.41) is 20.9. The number of aliphatic hydroxyl groups excluding tert-OH is 1. The highest BCUT2D eigenvalue weighted by molar-refractivity contribution is 5.97. The number of rotatable bonds is 5. The second kappa shape index (κ2) is 5.05. The van der Waals surface area contributed by atoms with Crippen molar-refractivity contribution in [2.75, 3.05) is 18.1 Å². The molecule has 0 amide bonds. The Labute approximate surface area is 115 Å². The minimum absolute atomic E-state index is 0.0574. The van der Waals surface area contributed by atoms with E-state index in [4.69, 9.17) is 0 Å². The summed E-state index contributed by atoms with van der Waals surface area (Å²) < 4.78 is 0. The summed E-state index contributed by atoms with van der Waals surface area (Å²) in [5.41, 5.74) is 1.56. The zero-order valence-electron chi connectivity index (χ0n) is 10.9. The molecule has 0 unspecified atom stereocenters. The van der Waals surface area contributed by atoms with Crippen molar-refractivity contribution in [3.05, 3.63) is 40.6 Å². The van der Waals surface area contributed by atoms with Gasteiger partial charge in [-0.25, -0.2) is 0 Å². The molecule has 104 valence electrons. The zero-order valence-corrected chi connectivity index (χ0v) is 10.9. The van der Waals surface area contributed by atoms with Crippen molar-refractivity contribution in [3.63, 3.8) is 0 Å². The van der Waals surface area contributed by atoms with Crippen molar-refractivity contribution in [2.45, 2.75) is 18.9 Å². The van der Waals surface area contributed by atoms with Crippen LogP contribution in [0, 0.1) is 10.1 Å². The first kappa shape index (κ1) is 12.8. The number of aromatic nitrogens is 1. The second-order valence-electron chi connectivity index (χ2n) is 4.91. The Morgan fingerprint density at radius 3 is 2.85 bits per heavy atom. The molecule has 1 saturated carbocycles. The summed E-state index contributed by atoms with van der Waals surface area (Å²) in [6, 6.07) is 7.09. The van der Waals surface area contributed by atoms with Gasteiger partial charge >= 0.3 is 0 Å². The van der Waals surface area contributed by atoms with Gasteiger partial charge in [0.05, 0.1) is 22.6 Å². The van der Waals surface area contributed by atoms with Crippen LogP contribution in [0.3, 0.4) is 0 Å². The third-order valence-corrected chi connectivity index (χ3v) is 3.56. The normalized spacial score (nSPS) is 14.4. The number of nitro groups is 1. The van der Waals surface area contributed by atoms with E-state index < -0.39 is 0 Å². The molecule has 0 spiro atoms. The van der Waals surface area contributed by atoms with Crippen LogP contribution >= 0.6 is 0 Å². The van der Waals surface area contributed by atoms with Gasteiger partial charge in [-0.2, -0.15) is 0 Å². The van der Waals surface area contributed by atoms with Crippen molar-refractivity contribution < 1.29 is 10.0 Å². The summed E-state index contributed by atoms with van der Waals surface area (Å²) in [4.78, 5) is 17.1. The number of pyridine rings is 1. The first-order valence-electron chi connectivity index (χ1n) is 6.62. The van der Waals surface area contributed by atoms with Crippen molar-refractivity contribution in [3.8, 4) is 0 Å². The maximum atomic E-state index is 11.1. The maximum absolute atomic E-state index is 11.1. The van der Waals surface area contributed by atoms with E-state index in [1.807, 2.05) is 0 Å². The molecule has 1 aliphatic carbocycles. The third kappa shape index (κ3) is 2.18. The number of fused-ring (bicyclic) bond motifs is 1. The standard InChI is InChI=1S/C14H15N3O3/c18-9-8-16(10-3-4-10)13-6-5-12(17(19)20)11-2-1-7-15-14(11)13/h1-2,5-7,10,18H,3-4,8-9H2. The molecule has 1 N–H and O–H groups in total. The quantitative estimate of drug-likeness (QED) is 0.666. The Morgan fingerprint density at radius 1 is 1.40 bits per heavy atom. The molecule has 0 radical (unpaired) electrons. The number of anilines is 1. The monoisotopic (exact) mass is 273 g/mol. The fourth-order valence-electron chi connectivity index (χ4n) is 2.53. The van der Waals surface area contributed by atoms with Crippen LogP contribution in [0.15, 0.2) is 30.5 Å². The molecule has 0 aliphatic heterocycles. The minimum atomic E-state index is -0.388. The molecule has 1 aromatic heterocycles. The number of hydrogen-bond acceptors (Lipinski definition) is 5. The molecule has 6 heteroatoms. The topological polar surface area (TPSA) is 79.5 Å². The summed E-state index contributed by atoms with van der Waals surface area (Å²) in [6.07, 6.45) is 3.82. The molecule has 0 bridgehead atoms. The van der Waals surface area contributed by atoms with Gasteiger partial charge in [0.25, 0.3) is 5.69 Å². The highest BCUT2D eigenvalue weighted by Gasteiger charge is 2.30. The van der Waals surface area contributed by atoms with Crippen LogP contribution in [0.5, 0.6) is 0 Å². The lowest BCUT2D eigenvalue weighted by molar-refractivity contribution is -0.383. The predicted molar refractivity (Wildman–Crippen MR) is 75.9 cm³/mol. The van der Waals surface area contributed by atoms with Crippen LogP contribution < -0.4 is 4.90 Å². The molecular formula is C14H15N3O3. The van der Waals surface area contributed by atoms with Gasteiger partial charge in [-0.1, -0.05) is 0 Å². The Bertz CT molecular complexity index is 655. The van der Waals surface area contributed by atoms with E-state index >= 15 is 0 Å². The maximum Gasteiger partial charge on any atom is 0.278 e. The van der Waals surface area contributed by atoms with E-state index in [9.17, 15) is 15.2 Å². The molecule has 20 heavy (non-hydrogen) atoms. The van der Waals surface area contributed by atoms with E-state index in [1.54, 1.807) is 24.4 Å². The van der Waals surface area contributed by atoms with Crippen LogP contribution in [0.25, 0.3) is 10.9 Å². The highest BCUT2D eigenvalue weighted by Crippen LogP contribution is 2.37. The lowest BCUT2D eigenvalue weighted by atomic mass is 10.1. The fourth-order valence-corrected chi connectivity index (χ4v) is 2.53. The Morgan fingerprint density at radius 2 is 2.20 bits per heavy atom. The molecule has 1 aromatic carbocycles. The molecule has 0 saturated heterocycles. The van der Waals surface area contributed by atoms with Crippen molar-refractivity contribution in [1.82, 2.24) is 4.98 Å². The average molecular weight is 273 g/mol. The highest BCUT2D eigenvalue weighted by atomic mass is 16.6. The SMILES string of the molecule is O=[N+]([O-])c1ccc(N(CCO)C2CC2)c2ncccc12. The van der Waals surface area contributed by atoms with Gasteiger partial charge in [-0.15, -0.1) is 0 Å². The molecule has 1 heterocycles. The Kier molecular flexibility index (Phi) is 3.23. The first-order chi connectivity index (χ1) is 9.72. The second-order valence-corrected chi connectivity index (χ2v) is 4.91. The number of nitrogens with zero attached hydrogens (tertiary/aromatic N) is 3. The number of hydrogen-bond donors (Lipinski definition) is 1. The molecule has 3 rings (SSSR count). The van der Waals surface area contributed by atoms with Crippen molar-refractivity contribution in [1.29, 1.82) is 0 Å². The van der Waals surface area contributed by atoms with E-state index in [0.717, 1.165) is 18.5 Å². The number of non-ortho nitro benzene ring substituents is 1. The van der Waals surface area contributed by atoms with Gasteiger partial charge in [0.2, 0.25) is 0 Å². The van der Waals surface area contributed by atoms with Crippen LogP contribution in [-0.4, -0.2) is 34.2 Å². The van der Waals surface area contributed by atoms with Crippen LogP contribution in [-0.2, 0) is 0 Å². The van der Waals surface area contributed by atoms with Crippen LogP contribution in [0.1, 0.15) is 12.8 Å². The Hall–Kier alpha value is -2.21. The fraction of sp³-hybridized carbons (Fsp3) is 0.357. The van der Waals surface area contributed by atoms with E-state index in [1.165, 1.54) is 6.07 Å². The lowest BCUT2D eigenvalue weighted by Crippen LogP contribution is -2.29. The summed E-state index contributed by atoms with van der Waals surface area (Å²) in [6.45, 7) is 0.579.